The van der Waals surface area contributed by atoms with Gasteiger partial charge in [-0.2, -0.15) is 0 Å². The van der Waals surface area contributed by atoms with Crippen LogP contribution in [-0.2, 0) is 10.3 Å². The van der Waals surface area contributed by atoms with E-state index in [9.17, 15) is 4.79 Å². The van der Waals surface area contributed by atoms with E-state index in [1.54, 1.807) is 0 Å². The van der Waals surface area contributed by atoms with E-state index < -0.39 is 5.60 Å². The van der Waals surface area contributed by atoms with E-state index >= 15 is 0 Å². The molecule has 4 aromatic rings. The number of carbonyl (C=O) groups is 1. The van der Waals surface area contributed by atoms with Crippen LogP contribution in [0.4, 0.5) is 17.1 Å². The third-order valence-corrected chi connectivity index (χ3v) is 7.35. The number of nitrogens with one attached hydrogen (secondary N) is 1. The molecule has 4 aromatic carbocycles. The molecule has 5 nitrogen and oxygen atoms in total. The van der Waals surface area contributed by atoms with Gasteiger partial charge >= 0.3 is 5.97 Å². The van der Waals surface area contributed by atoms with Crippen molar-refractivity contribution in [2.24, 2.45) is 0 Å². The van der Waals surface area contributed by atoms with Crippen LogP contribution in [0.15, 0.2) is 78.9 Å². The molecule has 0 aliphatic carbocycles. The maximum absolute atomic E-state index is 13.2. The highest BCUT2D eigenvalue weighted by atomic mass is 16.6. The summed E-state index contributed by atoms with van der Waals surface area (Å²) < 4.78 is 12.9. The fourth-order valence-corrected chi connectivity index (χ4v) is 5.74. The number of nitrogens with zero attached hydrogens (tertiary/aromatic N) is 1. The quantitative estimate of drug-likeness (QED) is 0.294. The molecule has 1 unspecified atom stereocenters. The molecule has 1 atom stereocenters. The first-order chi connectivity index (χ1) is 18.0. The Bertz CT molecular complexity index is 1540. The van der Waals surface area contributed by atoms with Crippen LogP contribution in [-0.4, -0.2) is 19.1 Å². The van der Waals surface area contributed by atoms with Crippen molar-refractivity contribution in [1.82, 2.24) is 0 Å². The van der Waals surface area contributed by atoms with Crippen molar-refractivity contribution in [3.8, 4) is 11.5 Å². The van der Waals surface area contributed by atoms with Gasteiger partial charge in [-0.1, -0.05) is 35.9 Å². The standard InChI is InChI=1S/C32H30N2O3/c1-5-33-22-12-16-29-27(18-22)32(25-10-8-7-9-24(25)31(35)37-32)26-14-13-23(19-30(26)36-29)34(6-2)28-15-11-20(3)17-21(28)4/h7-19,33H,5-6H2,1-4H3. The number of benzene rings is 4. The van der Waals surface area contributed by atoms with Crippen molar-refractivity contribution >= 4 is 23.0 Å². The first kappa shape index (κ1) is 23.2. The number of rotatable bonds is 5. The number of fused-ring (bicyclic) bond motifs is 6. The molecule has 5 heteroatoms. The van der Waals surface area contributed by atoms with Crippen molar-refractivity contribution < 1.29 is 14.3 Å². The highest BCUT2D eigenvalue weighted by Crippen LogP contribution is 2.57. The zero-order chi connectivity index (χ0) is 25.7. The van der Waals surface area contributed by atoms with Gasteiger partial charge in [0.25, 0.3) is 0 Å². The summed E-state index contributed by atoms with van der Waals surface area (Å²) in [5.41, 5.74) is 7.60. The van der Waals surface area contributed by atoms with Crippen LogP contribution in [0, 0.1) is 13.8 Å². The Hall–Kier alpha value is -4.25. The molecule has 0 radical (unpaired) electrons. The molecular weight excluding hydrogens is 460 g/mol. The van der Waals surface area contributed by atoms with E-state index in [1.165, 1.54) is 11.1 Å². The summed E-state index contributed by atoms with van der Waals surface area (Å²) in [4.78, 5) is 15.4. The number of carbonyl (C=O) groups excluding carboxylic acids is 1. The fraction of sp³-hybridized carbons (Fsp3) is 0.219. The number of esters is 1. The van der Waals surface area contributed by atoms with Crippen LogP contribution in [0.1, 0.15) is 52.0 Å². The lowest BCUT2D eigenvalue weighted by Crippen LogP contribution is -2.33. The summed E-state index contributed by atoms with van der Waals surface area (Å²) in [5.74, 6) is 1.05. The van der Waals surface area contributed by atoms with Gasteiger partial charge in [0.1, 0.15) is 11.5 Å². The lowest BCUT2D eigenvalue weighted by atomic mass is 9.77. The molecule has 0 saturated carbocycles. The van der Waals surface area contributed by atoms with Gasteiger partial charge < -0.3 is 19.7 Å². The van der Waals surface area contributed by atoms with Crippen LogP contribution in [0.3, 0.4) is 0 Å². The highest BCUT2D eigenvalue weighted by molar-refractivity contribution is 5.97. The van der Waals surface area contributed by atoms with Crippen molar-refractivity contribution in [1.29, 1.82) is 0 Å². The zero-order valence-corrected chi connectivity index (χ0v) is 21.6. The predicted molar refractivity (Wildman–Crippen MR) is 147 cm³/mol. The molecule has 37 heavy (non-hydrogen) atoms. The third kappa shape index (κ3) is 3.49. The molecule has 0 aromatic heterocycles. The summed E-state index contributed by atoms with van der Waals surface area (Å²) in [6.07, 6.45) is 0. The summed E-state index contributed by atoms with van der Waals surface area (Å²) in [6.45, 7) is 10.0. The summed E-state index contributed by atoms with van der Waals surface area (Å²) in [7, 11) is 0. The number of ether oxygens (including phenoxy) is 2. The van der Waals surface area contributed by atoms with E-state index in [0.717, 1.165) is 46.8 Å². The summed E-state index contributed by atoms with van der Waals surface area (Å²) >= 11 is 0. The second-order valence-electron chi connectivity index (χ2n) is 9.67. The van der Waals surface area contributed by atoms with Crippen LogP contribution < -0.4 is 15.0 Å². The van der Waals surface area contributed by atoms with Gasteiger partial charge in [-0.3, -0.25) is 0 Å². The number of aryl methyl sites for hydroxylation is 2. The minimum absolute atomic E-state index is 0.321. The minimum atomic E-state index is -1.07. The van der Waals surface area contributed by atoms with Gasteiger partial charge in [-0.25, -0.2) is 4.79 Å². The zero-order valence-electron chi connectivity index (χ0n) is 21.6. The average Bonchev–Trinajstić information content (AvgIpc) is 3.19. The Labute approximate surface area is 217 Å². The van der Waals surface area contributed by atoms with Crippen molar-refractivity contribution in [3.63, 3.8) is 0 Å². The van der Waals surface area contributed by atoms with E-state index in [1.807, 2.05) is 42.5 Å². The van der Waals surface area contributed by atoms with Crippen molar-refractivity contribution in [2.75, 3.05) is 23.3 Å². The van der Waals surface area contributed by atoms with E-state index in [2.05, 4.69) is 74.3 Å². The second kappa shape index (κ2) is 8.70. The van der Waals surface area contributed by atoms with Crippen LogP contribution in [0.2, 0.25) is 0 Å². The lowest BCUT2D eigenvalue weighted by Gasteiger charge is -2.37. The molecule has 2 aliphatic heterocycles. The molecule has 0 fully saturated rings. The number of anilines is 3. The first-order valence-electron chi connectivity index (χ1n) is 12.8. The van der Waals surface area contributed by atoms with E-state index in [0.29, 0.717) is 17.1 Å². The highest BCUT2D eigenvalue weighted by Gasteiger charge is 2.53. The molecule has 6 rings (SSSR count). The molecule has 2 heterocycles. The van der Waals surface area contributed by atoms with Gasteiger partial charge in [-0.05, 0) is 75.7 Å². The van der Waals surface area contributed by atoms with Crippen LogP contribution in [0.5, 0.6) is 11.5 Å². The second-order valence-corrected chi connectivity index (χ2v) is 9.67. The maximum atomic E-state index is 13.2. The van der Waals surface area contributed by atoms with Gasteiger partial charge in [0, 0.05) is 52.9 Å². The summed E-state index contributed by atoms with van der Waals surface area (Å²) in [6, 6.07) is 26.4. The third-order valence-electron chi connectivity index (χ3n) is 7.35. The molecule has 1 N–H and O–H groups in total. The van der Waals surface area contributed by atoms with Crippen LogP contribution >= 0.6 is 0 Å². The Morgan fingerprint density at radius 3 is 2.46 bits per heavy atom. The largest absolute Gasteiger partial charge is 0.456 e. The Balaban J connectivity index is 1.55. The number of hydrogen-bond donors (Lipinski definition) is 1. The van der Waals surface area contributed by atoms with Gasteiger partial charge in [0.15, 0.2) is 5.60 Å². The molecule has 186 valence electrons. The first-order valence-corrected chi connectivity index (χ1v) is 12.8. The minimum Gasteiger partial charge on any atom is -0.456 e. The number of hydrogen-bond acceptors (Lipinski definition) is 5. The molecular formula is C32H30N2O3. The van der Waals surface area contributed by atoms with E-state index in [-0.39, 0.29) is 5.97 Å². The normalized spacial score (nSPS) is 16.9. The summed E-state index contributed by atoms with van der Waals surface area (Å²) in [5, 5.41) is 3.38. The molecule has 2 aliphatic rings. The Morgan fingerprint density at radius 1 is 0.838 bits per heavy atom. The van der Waals surface area contributed by atoms with Gasteiger partial charge in [0.2, 0.25) is 0 Å². The molecule has 1 spiro atoms. The topological polar surface area (TPSA) is 50.8 Å². The van der Waals surface area contributed by atoms with Gasteiger partial charge in [0.05, 0.1) is 5.56 Å². The average molecular weight is 491 g/mol. The monoisotopic (exact) mass is 490 g/mol. The van der Waals surface area contributed by atoms with Crippen LogP contribution in [0.25, 0.3) is 0 Å². The smallest absolute Gasteiger partial charge is 0.340 e. The molecule has 0 bridgehead atoms. The maximum Gasteiger partial charge on any atom is 0.340 e. The molecule has 0 saturated heterocycles. The fourth-order valence-electron chi connectivity index (χ4n) is 5.74. The van der Waals surface area contributed by atoms with Crippen molar-refractivity contribution in [3.05, 3.63) is 112 Å². The predicted octanol–water partition coefficient (Wildman–Crippen LogP) is 7.46. The SMILES string of the molecule is CCNc1ccc2c(c1)C1(OC(=O)c3ccccc31)c1ccc(N(CC)c3ccc(C)cc3C)cc1O2. The lowest BCUT2D eigenvalue weighted by molar-refractivity contribution is 0.0224. The Kier molecular flexibility index (Phi) is 5.45. The Morgan fingerprint density at radius 2 is 1.68 bits per heavy atom. The van der Waals surface area contributed by atoms with E-state index in [4.69, 9.17) is 9.47 Å². The van der Waals surface area contributed by atoms with Gasteiger partial charge in [-0.15, -0.1) is 0 Å². The molecule has 0 amide bonds. The van der Waals surface area contributed by atoms with Crippen molar-refractivity contribution in [2.45, 2.75) is 33.3 Å².